The van der Waals surface area contributed by atoms with Crippen molar-refractivity contribution in [3.8, 4) is 22.9 Å². The number of fused-ring (bicyclic) bond motifs is 2. The van der Waals surface area contributed by atoms with Gasteiger partial charge in [-0.25, -0.2) is 9.59 Å². The number of hydrogen-bond acceptors (Lipinski definition) is 6. The summed E-state index contributed by atoms with van der Waals surface area (Å²) in [4.78, 5) is 33.1. The Kier molecular flexibility index (Phi) is 6.86. The quantitative estimate of drug-likeness (QED) is 0.211. The van der Waals surface area contributed by atoms with E-state index in [0.717, 1.165) is 24.2 Å². The molecule has 0 amide bonds. The molecule has 0 aliphatic carbocycles. The molecular weight excluding hydrogens is 535 g/mol. The zero-order valence-electron chi connectivity index (χ0n) is 21.1. The number of nitrogens with one attached hydrogen (secondary N) is 1. The van der Waals surface area contributed by atoms with Gasteiger partial charge in [0.1, 0.15) is 5.75 Å². The first kappa shape index (κ1) is 26.7. The number of rotatable bonds is 5. The molecule has 0 unspecified atom stereocenters. The largest absolute Gasteiger partial charge is 0.491 e. The fourth-order valence-corrected chi connectivity index (χ4v) is 4.70. The van der Waals surface area contributed by atoms with Gasteiger partial charge in [-0.15, -0.1) is 0 Å². The number of aromatic amines is 1. The van der Waals surface area contributed by atoms with E-state index in [-0.39, 0.29) is 17.3 Å². The van der Waals surface area contributed by atoms with Crippen LogP contribution in [0.15, 0.2) is 48.5 Å². The van der Waals surface area contributed by atoms with Gasteiger partial charge in [0.05, 0.1) is 21.6 Å². The minimum absolute atomic E-state index is 0.0780. The van der Waals surface area contributed by atoms with Gasteiger partial charge in [0.2, 0.25) is 0 Å². The Hall–Kier alpha value is -3.89. The molecule has 202 valence electrons. The van der Waals surface area contributed by atoms with Crippen LogP contribution in [-0.2, 0) is 22.6 Å². The second-order valence-electron chi connectivity index (χ2n) is 9.63. The van der Waals surface area contributed by atoms with Crippen LogP contribution in [-0.4, -0.2) is 39.0 Å². The van der Waals surface area contributed by atoms with Gasteiger partial charge in [-0.3, -0.25) is 4.90 Å². The van der Waals surface area contributed by atoms with Crippen molar-refractivity contribution in [1.29, 1.82) is 0 Å². The van der Waals surface area contributed by atoms with E-state index in [1.807, 2.05) is 12.1 Å². The van der Waals surface area contributed by atoms with Crippen LogP contribution in [0.1, 0.15) is 40.9 Å². The Morgan fingerprint density at radius 1 is 1.05 bits per heavy atom. The van der Waals surface area contributed by atoms with E-state index in [9.17, 15) is 22.8 Å². The van der Waals surface area contributed by atoms with E-state index in [1.165, 1.54) is 36.2 Å². The van der Waals surface area contributed by atoms with Crippen LogP contribution in [0.3, 0.4) is 0 Å². The smallest absolute Gasteiger partial charge is 0.426 e. The zero-order chi connectivity index (χ0) is 28.1. The van der Waals surface area contributed by atoms with Crippen molar-refractivity contribution in [2.24, 2.45) is 0 Å². The number of aryl methyl sites for hydroxylation is 1. The normalized spacial score (nSPS) is 13.6. The monoisotopic (exact) mass is 557 g/mol. The van der Waals surface area contributed by atoms with Crippen LogP contribution in [0.2, 0.25) is 5.02 Å². The van der Waals surface area contributed by atoms with Crippen LogP contribution in [0.5, 0.6) is 11.8 Å². The number of hydrogen-bond donors (Lipinski definition) is 1. The Morgan fingerprint density at radius 3 is 2.51 bits per heavy atom. The van der Waals surface area contributed by atoms with Gasteiger partial charge >= 0.3 is 18.1 Å². The zero-order valence-corrected chi connectivity index (χ0v) is 21.9. The second-order valence-corrected chi connectivity index (χ2v) is 10.0. The van der Waals surface area contributed by atoms with Crippen LogP contribution in [0.25, 0.3) is 22.2 Å². The molecule has 0 spiro atoms. The number of halogens is 4. The lowest BCUT2D eigenvalue weighted by Crippen LogP contribution is -2.28. The molecule has 0 saturated carbocycles. The van der Waals surface area contributed by atoms with Crippen LogP contribution in [0.4, 0.5) is 13.2 Å². The van der Waals surface area contributed by atoms with Gasteiger partial charge in [-0.2, -0.15) is 18.2 Å². The first-order valence-corrected chi connectivity index (χ1v) is 12.4. The van der Waals surface area contributed by atoms with E-state index in [1.54, 1.807) is 6.07 Å². The first-order valence-electron chi connectivity index (χ1n) is 12.1. The highest BCUT2D eigenvalue weighted by Crippen LogP contribution is 2.36. The number of esters is 2. The summed E-state index contributed by atoms with van der Waals surface area (Å²) in [5, 5.41) is 0.520. The van der Waals surface area contributed by atoms with E-state index < -0.39 is 18.1 Å². The molecule has 0 radical (unpaired) electrons. The lowest BCUT2D eigenvalue weighted by atomic mass is 10.00. The van der Waals surface area contributed by atoms with Crippen molar-refractivity contribution in [3.05, 3.63) is 75.8 Å². The molecule has 0 saturated heterocycles. The van der Waals surface area contributed by atoms with Crippen LogP contribution in [0, 0.1) is 6.92 Å². The average molecular weight is 558 g/mol. The van der Waals surface area contributed by atoms with Crippen LogP contribution < -0.4 is 4.74 Å². The predicted octanol–water partition coefficient (Wildman–Crippen LogP) is 6.95. The Bertz CT molecular complexity index is 1610. The van der Waals surface area contributed by atoms with Gasteiger partial charge in [0.25, 0.3) is 6.01 Å². The molecule has 4 aromatic rings. The van der Waals surface area contributed by atoms with Crippen molar-refractivity contribution < 1.29 is 32.2 Å². The highest BCUT2D eigenvalue weighted by molar-refractivity contribution is 6.34. The van der Waals surface area contributed by atoms with Gasteiger partial charge in [0.15, 0.2) is 0 Å². The number of alkyl halides is 3. The summed E-state index contributed by atoms with van der Waals surface area (Å²) in [5.41, 5.74) is 5.56. The molecule has 11 heteroatoms. The molecular formula is C28H23ClF3N3O4. The number of carbonyl (C=O) groups excluding carboxylic acids is 2. The summed E-state index contributed by atoms with van der Waals surface area (Å²) in [7, 11) is 0. The molecule has 1 N–H and O–H groups in total. The first-order chi connectivity index (χ1) is 18.4. The van der Waals surface area contributed by atoms with E-state index >= 15 is 0 Å². The summed E-state index contributed by atoms with van der Waals surface area (Å²) in [6, 6.07) is 14.5. The van der Waals surface area contributed by atoms with E-state index in [0.29, 0.717) is 27.7 Å². The predicted molar refractivity (Wildman–Crippen MR) is 139 cm³/mol. The summed E-state index contributed by atoms with van der Waals surface area (Å²) in [6.45, 7) is 7.62. The van der Waals surface area contributed by atoms with Gasteiger partial charge in [0, 0.05) is 24.7 Å². The lowest BCUT2D eigenvalue weighted by Gasteiger charge is -2.18. The third-order valence-electron chi connectivity index (χ3n) is 6.60. The maximum Gasteiger partial charge on any atom is 0.491 e. The summed E-state index contributed by atoms with van der Waals surface area (Å²) >= 11 is 6.63. The van der Waals surface area contributed by atoms with Crippen molar-refractivity contribution in [2.45, 2.75) is 46.1 Å². The number of benzene rings is 3. The SMILES string of the molecule is Cc1ccc(Oc2nc3cc(-c4ccc5c(c4)CN(C(C)C)C5)c(Cl)cc3[nH]2)cc1C(=O)OC(=O)C(F)(F)F. The third kappa shape index (κ3) is 5.48. The molecule has 39 heavy (non-hydrogen) atoms. The molecule has 0 bridgehead atoms. The van der Waals surface area contributed by atoms with Crippen LogP contribution >= 0.6 is 11.6 Å². The number of nitrogens with zero attached hydrogens (tertiary/aromatic N) is 2. The topological polar surface area (TPSA) is 84.5 Å². The Morgan fingerprint density at radius 2 is 1.79 bits per heavy atom. The molecule has 0 fully saturated rings. The summed E-state index contributed by atoms with van der Waals surface area (Å²) < 4.78 is 47.1. The Labute approximate surface area is 226 Å². The maximum absolute atomic E-state index is 12.5. The average Bonchev–Trinajstić information content (AvgIpc) is 3.46. The highest BCUT2D eigenvalue weighted by Gasteiger charge is 2.42. The lowest BCUT2D eigenvalue weighted by molar-refractivity contribution is -0.193. The van der Waals surface area contributed by atoms with Gasteiger partial charge in [-0.05, 0) is 73.4 Å². The molecule has 5 rings (SSSR count). The minimum atomic E-state index is -5.29. The summed E-state index contributed by atoms with van der Waals surface area (Å²) in [6.07, 6.45) is -5.29. The van der Waals surface area contributed by atoms with Crippen molar-refractivity contribution in [3.63, 3.8) is 0 Å². The number of H-pyrrole nitrogens is 1. The third-order valence-corrected chi connectivity index (χ3v) is 6.92. The fraction of sp³-hybridized carbons (Fsp3) is 0.250. The maximum atomic E-state index is 12.5. The minimum Gasteiger partial charge on any atom is -0.426 e. The van der Waals surface area contributed by atoms with Gasteiger partial charge < -0.3 is 14.5 Å². The molecule has 1 aromatic heterocycles. The standard InChI is InChI=1S/C28H23ClF3N3O4/c1-14(2)35-12-17-6-5-16(8-18(17)13-35)21-10-23-24(11-22(21)29)34-27(33-23)38-19-7-4-15(3)20(9-19)25(36)39-26(37)28(30,31)32/h4-11,14H,12-13H2,1-3H3,(H,33,34). The number of carbonyl (C=O) groups is 2. The van der Waals surface area contributed by atoms with Gasteiger partial charge in [-0.1, -0.05) is 29.8 Å². The van der Waals surface area contributed by atoms with Crippen molar-refractivity contribution in [2.75, 3.05) is 0 Å². The molecule has 1 aliphatic rings. The number of imidazole rings is 1. The number of aromatic nitrogens is 2. The van der Waals surface area contributed by atoms with E-state index in [2.05, 4.69) is 45.6 Å². The highest BCUT2D eigenvalue weighted by atomic mass is 35.5. The Balaban J connectivity index is 1.39. The second kappa shape index (κ2) is 10.0. The number of ether oxygens (including phenoxy) is 2. The van der Waals surface area contributed by atoms with Crippen molar-refractivity contribution in [1.82, 2.24) is 14.9 Å². The van der Waals surface area contributed by atoms with E-state index in [4.69, 9.17) is 16.3 Å². The summed E-state index contributed by atoms with van der Waals surface area (Å²) in [5.74, 6) is -3.93. The molecule has 0 atom stereocenters. The fourth-order valence-electron chi connectivity index (χ4n) is 4.42. The molecule has 3 aromatic carbocycles. The molecule has 1 aliphatic heterocycles. The van der Waals surface area contributed by atoms with Crippen molar-refractivity contribution >= 4 is 34.6 Å². The molecule has 7 nitrogen and oxygen atoms in total. The molecule has 2 heterocycles.